The highest BCUT2D eigenvalue weighted by Crippen LogP contribution is 2.37. The van der Waals surface area contributed by atoms with Gasteiger partial charge in [0.15, 0.2) is 0 Å². The van der Waals surface area contributed by atoms with Gasteiger partial charge in [-0.15, -0.1) is 0 Å². The summed E-state index contributed by atoms with van der Waals surface area (Å²) in [5.41, 5.74) is 12.6. The molecule has 5 heteroatoms. The standard InChI is InChI=1S/C25H32N4O/c1-15(2)23-21-12-19(17(4)25(30)29-10-8-18(13-26)14-29)5-6-22(21)28-24(23)20-7-9-27-16(3)11-20/h5-7,9,11-12,15,17-18,28H,8,10,13-14,26H2,1-4H3. The minimum atomic E-state index is -0.160. The lowest BCUT2D eigenvalue weighted by molar-refractivity contribution is -0.131. The Morgan fingerprint density at radius 2 is 2.07 bits per heavy atom. The average Bonchev–Trinajstić information content (AvgIpc) is 3.36. The van der Waals surface area contributed by atoms with Crippen molar-refractivity contribution in [3.8, 4) is 11.3 Å². The van der Waals surface area contributed by atoms with E-state index in [0.29, 0.717) is 18.4 Å². The van der Waals surface area contributed by atoms with Crippen LogP contribution >= 0.6 is 0 Å². The number of carbonyl (C=O) groups is 1. The van der Waals surface area contributed by atoms with Crippen molar-refractivity contribution in [3.05, 3.63) is 53.3 Å². The van der Waals surface area contributed by atoms with Crippen LogP contribution in [0.1, 0.15) is 55.8 Å². The van der Waals surface area contributed by atoms with Gasteiger partial charge in [0.1, 0.15) is 0 Å². The monoisotopic (exact) mass is 404 g/mol. The molecule has 3 aromatic rings. The number of hydrogen-bond donors (Lipinski definition) is 2. The second kappa shape index (κ2) is 8.23. The normalized spacial score (nSPS) is 17.8. The van der Waals surface area contributed by atoms with E-state index >= 15 is 0 Å². The molecule has 3 heterocycles. The molecule has 2 atom stereocenters. The molecule has 2 aromatic heterocycles. The van der Waals surface area contributed by atoms with E-state index in [1.807, 2.05) is 24.9 Å². The summed E-state index contributed by atoms with van der Waals surface area (Å²) in [6.45, 7) is 10.7. The Kier molecular flexibility index (Phi) is 5.65. The fraction of sp³-hybridized carbons (Fsp3) is 0.440. The fourth-order valence-corrected chi connectivity index (χ4v) is 4.67. The zero-order chi connectivity index (χ0) is 21.4. The lowest BCUT2D eigenvalue weighted by Gasteiger charge is -2.21. The van der Waals surface area contributed by atoms with Crippen LogP contribution in [0.25, 0.3) is 22.2 Å². The van der Waals surface area contributed by atoms with Crippen LogP contribution in [0.3, 0.4) is 0 Å². The first-order valence-corrected chi connectivity index (χ1v) is 11.0. The molecule has 4 rings (SSSR count). The van der Waals surface area contributed by atoms with E-state index in [1.165, 1.54) is 10.9 Å². The van der Waals surface area contributed by atoms with Crippen LogP contribution in [0.4, 0.5) is 0 Å². The summed E-state index contributed by atoms with van der Waals surface area (Å²) in [5.74, 6) is 0.837. The summed E-state index contributed by atoms with van der Waals surface area (Å²) in [5, 5.41) is 1.20. The van der Waals surface area contributed by atoms with Crippen LogP contribution in [0.2, 0.25) is 0 Å². The van der Waals surface area contributed by atoms with Gasteiger partial charge in [-0.2, -0.15) is 0 Å². The highest BCUT2D eigenvalue weighted by Gasteiger charge is 2.29. The number of nitrogens with two attached hydrogens (primary N) is 1. The molecule has 1 aliphatic heterocycles. The third kappa shape index (κ3) is 3.74. The molecule has 0 radical (unpaired) electrons. The van der Waals surface area contributed by atoms with Crippen molar-refractivity contribution in [2.24, 2.45) is 11.7 Å². The zero-order valence-corrected chi connectivity index (χ0v) is 18.4. The second-order valence-electron chi connectivity index (χ2n) is 8.96. The van der Waals surface area contributed by atoms with Gasteiger partial charge in [-0.05, 0) is 74.0 Å². The van der Waals surface area contributed by atoms with Gasteiger partial charge in [0.2, 0.25) is 5.91 Å². The van der Waals surface area contributed by atoms with Crippen LogP contribution in [-0.4, -0.2) is 40.4 Å². The summed E-state index contributed by atoms with van der Waals surface area (Å²) in [7, 11) is 0. The predicted molar refractivity (Wildman–Crippen MR) is 123 cm³/mol. The number of fused-ring (bicyclic) bond motifs is 1. The van der Waals surface area contributed by atoms with E-state index in [-0.39, 0.29) is 11.8 Å². The Morgan fingerprint density at radius 3 is 2.73 bits per heavy atom. The fourth-order valence-electron chi connectivity index (χ4n) is 4.67. The maximum atomic E-state index is 13.1. The van der Waals surface area contributed by atoms with Crippen molar-refractivity contribution in [1.29, 1.82) is 0 Å². The number of aromatic amines is 1. The van der Waals surface area contributed by atoms with Crippen LogP contribution in [0, 0.1) is 12.8 Å². The molecular weight excluding hydrogens is 372 g/mol. The van der Waals surface area contributed by atoms with Crippen molar-refractivity contribution in [1.82, 2.24) is 14.9 Å². The molecule has 5 nitrogen and oxygen atoms in total. The number of likely N-dealkylation sites (tertiary alicyclic amines) is 1. The number of hydrogen-bond acceptors (Lipinski definition) is 3. The van der Waals surface area contributed by atoms with Gasteiger partial charge < -0.3 is 15.6 Å². The molecule has 0 spiro atoms. The zero-order valence-electron chi connectivity index (χ0n) is 18.4. The molecule has 0 aliphatic carbocycles. The Hall–Kier alpha value is -2.66. The van der Waals surface area contributed by atoms with E-state index < -0.39 is 0 Å². The van der Waals surface area contributed by atoms with E-state index in [9.17, 15) is 4.79 Å². The number of nitrogens with one attached hydrogen (secondary N) is 1. The number of pyridine rings is 1. The number of rotatable bonds is 5. The number of benzene rings is 1. The Morgan fingerprint density at radius 1 is 1.27 bits per heavy atom. The lowest BCUT2D eigenvalue weighted by Crippen LogP contribution is -2.33. The molecule has 1 aromatic carbocycles. The first-order valence-electron chi connectivity index (χ1n) is 11.0. The summed E-state index contributed by atoms with van der Waals surface area (Å²) in [4.78, 5) is 23.0. The van der Waals surface area contributed by atoms with Crippen LogP contribution in [0.5, 0.6) is 0 Å². The highest BCUT2D eigenvalue weighted by molar-refractivity contribution is 5.93. The topological polar surface area (TPSA) is 75.0 Å². The van der Waals surface area contributed by atoms with Crippen molar-refractivity contribution in [2.45, 2.75) is 46.0 Å². The summed E-state index contributed by atoms with van der Waals surface area (Å²) in [6, 6.07) is 10.6. The Labute approximate surface area is 178 Å². The third-order valence-corrected chi connectivity index (χ3v) is 6.43. The minimum absolute atomic E-state index is 0.160. The molecule has 30 heavy (non-hydrogen) atoms. The SMILES string of the molecule is Cc1cc(-c2[nH]c3ccc(C(C)C(=O)N4CCC(CN)C4)cc3c2C(C)C)ccn1. The van der Waals surface area contributed by atoms with Crippen molar-refractivity contribution >= 4 is 16.8 Å². The molecule has 2 unspecified atom stereocenters. The van der Waals surface area contributed by atoms with Gasteiger partial charge in [-0.25, -0.2) is 0 Å². The van der Waals surface area contributed by atoms with Gasteiger partial charge in [0, 0.05) is 41.4 Å². The first kappa shape index (κ1) is 20.6. The third-order valence-electron chi connectivity index (χ3n) is 6.43. The summed E-state index contributed by atoms with van der Waals surface area (Å²) in [6.07, 6.45) is 2.87. The summed E-state index contributed by atoms with van der Waals surface area (Å²) >= 11 is 0. The number of nitrogens with zero attached hydrogens (tertiary/aromatic N) is 2. The quantitative estimate of drug-likeness (QED) is 0.654. The smallest absolute Gasteiger partial charge is 0.229 e. The number of H-pyrrole nitrogens is 1. The molecular formula is C25H32N4O. The van der Waals surface area contributed by atoms with Crippen molar-refractivity contribution in [3.63, 3.8) is 0 Å². The van der Waals surface area contributed by atoms with Crippen molar-refractivity contribution < 1.29 is 4.79 Å². The van der Waals surface area contributed by atoms with Gasteiger partial charge >= 0.3 is 0 Å². The Bertz CT molecular complexity index is 1070. The van der Waals surface area contributed by atoms with Crippen LogP contribution in [0.15, 0.2) is 36.5 Å². The van der Waals surface area contributed by atoms with E-state index in [4.69, 9.17) is 5.73 Å². The molecule has 3 N–H and O–H groups in total. The Balaban J connectivity index is 1.71. The van der Waals surface area contributed by atoms with Gasteiger partial charge in [0.05, 0.1) is 11.6 Å². The molecule has 0 bridgehead atoms. The molecule has 1 fully saturated rings. The number of aromatic nitrogens is 2. The largest absolute Gasteiger partial charge is 0.354 e. The van der Waals surface area contributed by atoms with E-state index in [1.54, 1.807) is 0 Å². The summed E-state index contributed by atoms with van der Waals surface area (Å²) < 4.78 is 0. The lowest BCUT2D eigenvalue weighted by atomic mass is 9.93. The second-order valence-corrected chi connectivity index (χ2v) is 8.96. The molecule has 158 valence electrons. The minimum Gasteiger partial charge on any atom is -0.354 e. The van der Waals surface area contributed by atoms with E-state index in [0.717, 1.165) is 47.5 Å². The number of amides is 1. The number of aryl methyl sites for hydroxylation is 1. The van der Waals surface area contributed by atoms with Crippen LogP contribution < -0.4 is 5.73 Å². The maximum absolute atomic E-state index is 13.1. The molecule has 0 saturated carbocycles. The van der Waals surface area contributed by atoms with E-state index in [2.05, 4.69) is 54.1 Å². The van der Waals surface area contributed by atoms with Gasteiger partial charge in [0.25, 0.3) is 0 Å². The highest BCUT2D eigenvalue weighted by atomic mass is 16.2. The molecule has 1 aliphatic rings. The van der Waals surface area contributed by atoms with Crippen LogP contribution in [-0.2, 0) is 4.79 Å². The average molecular weight is 405 g/mol. The maximum Gasteiger partial charge on any atom is 0.229 e. The molecule has 1 amide bonds. The molecule has 1 saturated heterocycles. The van der Waals surface area contributed by atoms with Crippen molar-refractivity contribution in [2.75, 3.05) is 19.6 Å². The number of carbonyl (C=O) groups excluding carboxylic acids is 1. The van der Waals surface area contributed by atoms with Gasteiger partial charge in [-0.1, -0.05) is 19.9 Å². The van der Waals surface area contributed by atoms with Gasteiger partial charge in [-0.3, -0.25) is 9.78 Å². The predicted octanol–water partition coefficient (Wildman–Crippen LogP) is 4.57. The first-order chi connectivity index (χ1) is 14.4.